The zero-order valence-corrected chi connectivity index (χ0v) is 13.2. The van der Waals surface area contributed by atoms with E-state index >= 15 is 0 Å². The van der Waals surface area contributed by atoms with Crippen molar-refractivity contribution in [3.63, 3.8) is 0 Å². The molecule has 0 aliphatic rings. The van der Waals surface area contributed by atoms with Gasteiger partial charge in [0.1, 0.15) is 0 Å². The van der Waals surface area contributed by atoms with E-state index in [0.717, 1.165) is 5.56 Å². The summed E-state index contributed by atoms with van der Waals surface area (Å²) in [6, 6.07) is 12.8. The Kier molecular flexibility index (Phi) is 4.51. The Morgan fingerprint density at radius 3 is 2.56 bits per heavy atom. The molecule has 1 heterocycles. The van der Waals surface area contributed by atoms with Crippen LogP contribution in [0.1, 0.15) is 21.8 Å². The summed E-state index contributed by atoms with van der Waals surface area (Å²) >= 11 is 0. The van der Waals surface area contributed by atoms with Crippen LogP contribution in [0, 0.1) is 17.0 Å². The van der Waals surface area contributed by atoms with Crippen LogP contribution < -0.4 is 0 Å². The lowest BCUT2D eigenvalue weighted by Crippen LogP contribution is -2.07. The molecule has 0 atom stereocenters. The number of aromatic nitrogens is 2. The van der Waals surface area contributed by atoms with Crippen molar-refractivity contribution in [3.05, 3.63) is 75.7 Å². The van der Waals surface area contributed by atoms with Gasteiger partial charge in [0.2, 0.25) is 5.89 Å². The smallest absolute Gasteiger partial charge is 0.338 e. The largest absolute Gasteiger partial charge is 0.452 e. The maximum atomic E-state index is 12.0. The number of ether oxygens (including phenoxy) is 1. The number of non-ortho nitro benzene ring substituents is 1. The van der Waals surface area contributed by atoms with Gasteiger partial charge in [-0.15, -0.1) is 10.2 Å². The lowest BCUT2D eigenvalue weighted by molar-refractivity contribution is -0.384. The Morgan fingerprint density at radius 1 is 1.16 bits per heavy atom. The van der Waals surface area contributed by atoms with Crippen molar-refractivity contribution in [3.8, 4) is 11.5 Å². The third-order valence-corrected chi connectivity index (χ3v) is 3.48. The van der Waals surface area contributed by atoms with Crippen LogP contribution in [0.4, 0.5) is 5.69 Å². The first-order valence-corrected chi connectivity index (χ1v) is 7.34. The Bertz CT molecular complexity index is 918. The Labute approximate surface area is 142 Å². The number of nitro benzene ring substituents is 1. The van der Waals surface area contributed by atoms with Gasteiger partial charge >= 0.3 is 5.97 Å². The molecule has 3 rings (SSSR count). The van der Waals surface area contributed by atoms with E-state index in [1.54, 1.807) is 12.1 Å². The Balaban J connectivity index is 1.67. The number of carbonyl (C=O) groups excluding carboxylic acids is 1. The molecule has 8 nitrogen and oxygen atoms in total. The number of carbonyl (C=O) groups is 1. The van der Waals surface area contributed by atoms with Gasteiger partial charge in [0.25, 0.3) is 11.6 Å². The number of esters is 1. The van der Waals surface area contributed by atoms with E-state index in [2.05, 4.69) is 10.2 Å². The van der Waals surface area contributed by atoms with E-state index in [1.165, 1.54) is 24.3 Å². The summed E-state index contributed by atoms with van der Waals surface area (Å²) in [5.74, 6) is -0.152. The molecule has 0 spiro atoms. The molecule has 0 amide bonds. The highest BCUT2D eigenvalue weighted by Crippen LogP contribution is 2.21. The molecule has 0 radical (unpaired) electrons. The molecular formula is C17H13N3O5. The van der Waals surface area contributed by atoms with E-state index < -0.39 is 10.9 Å². The highest BCUT2D eigenvalue weighted by molar-refractivity contribution is 5.90. The van der Waals surface area contributed by atoms with Gasteiger partial charge in [0.15, 0.2) is 6.61 Å². The van der Waals surface area contributed by atoms with Crippen LogP contribution in [0.25, 0.3) is 11.5 Å². The van der Waals surface area contributed by atoms with Crippen LogP contribution >= 0.6 is 0 Å². The van der Waals surface area contributed by atoms with Gasteiger partial charge in [-0.05, 0) is 30.7 Å². The fourth-order valence-electron chi connectivity index (χ4n) is 2.16. The minimum atomic E-state index is -0.492. The van der Waals surface area contributed by atoms with E-state index in [9.17, 15) is 14.9 Å². The van der Waals surface area contributed by atoms with E-state index in [-0.39, 0.29) is 24.1 Å². The summed E-state index contributed by atoms with van der Waals surface area (Å²) < 4.78 is 10.6. The molecule has 0 saturated heterocycles. The molecule has 0 aliphatic heterocycles. The van der Waals surface area contributed by atoms with E-state index in [0.29, 0.717) is 11.1 Å². The molecule has 1 aromatic heterocycles. The fourth-order valence-corrected chi connectivity index (χ4v) is 2.16. The molecule has 2 aromatic carbocycles. The Hall–Kier alpha value is -3.55. The van der Waals surface area contributed by atoms with Gasteiger partial charge < -0.3 is 9.15 Å². The maximum Gasteiger partial charge on any atom is 0.338 e. The molecule has 126 valence electrons. The quantitative estimate of drug-likeness (QED) is 0.398. The monoisotopic (exact) mass is 339 g/mol. The number of benzene rings is 2. The van der Waals surface area contributed by atoms with Crippen molar-refractivity contribution >= 4 is 11.7 Å². The van der Waals surface area contributed by atoms with Crippen molar-refractivity contribution in [2.75, 3.05) is 0 Å². The van der Waals surface area contributed by atoms with Crippen LogP contribution in [-0.4, -0.2) is 21.1 Å². The molecule has 0 saturated carbocycles. The molecule has 3 aromatic rings. The lowest BCUT2D eigenvalue weighted by Gasteiger charge is -2.04. The third kappa shape index (κ3) is 3.69. The van der Waals surface area contributed by atoms with Gasteiger partial charge in [-0.25, -0.2) is 4.79 Å². The van der Waals surface area contributed by atoms with Crippen molar-refractivity contribution in [2.24, 2.45) is 0 Å². The zero-order chi connectivity index (χ0) is 17.8. The summed E-state index contributed by atoms with van der Waals surface area (Å²) in [4.78, 5) is 22.2. The first kappa shape index (κ1) is 16.3. The SMILES string of the molecule is Cc1ccccc1C(=O)OCc1nnc(-c2ccc([N+](=O)[O-])cc2)o1. The van der Waals surface area contributed by atoms with Gasteiger partial charge in [0, 0.05) is 17.7 Å². The number of aryl methyl sites for hydroxylation is 1. The average Bonchev–Trinajstić information content (AvgIpc) is 3.09. The van der Waals surface area contributed by atoms with Crippen molar-refractivity contribution < 1.29 is 18.9 Å². The van der Waals surface area contributed by atoms with Crippen LogP contribution in [0.15, 0.2) is 52.9 Å². The second-order valence-electron chi connectivity index (χ2n) is 5.20. The summed E-state index contributed by atoms with van der Waals surface area (Å²) in [6.45, 7) is 1.66. The minimum absolute atomic E-state index is 0.0318. The van der Waals surface area contributed by atoms with Crippen LogP contribution in [0.2, 0.25) is 0 Å². The molecule has 0 fully saturated rings. The number of nitrogens with zero attached hydrogens (tertiary/aromatic N) is 3. The molecule has 25 heavy (non-hydrogen) atoms. The maximum absolute atomic E-state index is 12.0. The summed E-state index contributed by atoms with van der Waals surface area (Å²) in [5, 5.41) is 18.3. The average molecular weight is 339 g/mol. The highest BCUT2D eigenvalue weighted by Gasteiger charge is 2.14. The minimum Gasteiger partial charge on any atom is -0.452 e. The third-order valence-electron chi connectivity index (χ3n) is 3.48. The van der Waals surface area contributed by atoms with Crippen LogP contribution in [-0.2, 0) is 11.3 Å². The molecule has 0 unspecified atom stereocenters. The topological polar surface area (TPSA) is 108 Å². The number of rotatable bonds is 5. The number of hydrogen-bond acceptors (Lipinski definition) is 7. The van der Waals surface area contributed by atoms with Crippen molar-refractivity contribution in [2.45, 2.75) is 13.5 Å². The van der Waals surface area contributed by atoms with Gasteiger partial charge in [-0.1, -0.05) is 18.2 Å². The van der Waals surface area contributed by atoms with Crippen molar-refractivity contribution in [1.82, 2.24) is 10.2 Å². The number of hydrogen-bond donors (Lipinski definition) is 0. The first-order chi connectivity index (χ1) is 12.0. The second-order valence-corrected chi connectivity index (χ2v) is 5.20. The molecular weight excluding hydrogens is 326 g/mol. The summed E-state index contributed by atoms with van der Waals surface area (Å²) in [6.07, 6.45) is 0. The number of nitro groups is 1. The first-order valence-electron chi connectivity index (χ1n) is 7.34. The predicted octanol–water partition coefficient (Wildman–Crippen LogP) is 3.31. The molecule has 8 heteroatoms. The molecule has 0 bridgehead atoms. The molecule has 0 N–H and O–H groups in total. The predicted molar refractivity (Wildman–Crippen MR) is 86.7 cm³/mol. The Morgan fingerprint density at radius 2 is 1.88 bits per heavy atom. The highest BCUT2D eigenvalue weighted by atomic mass is 16.6. The molecule has 0 aliphatic carbocycles. The normalized spacial score (nSPS) is 10.4. The summed E-state index contributed by atoms with van der Waals surface area (Å²) in [7, 11) is 0. The van der Waals surface area contributed by atoms with Crippen LogP contribution in [0.3, 0.4) is 0 Å². The van der Waals surface area contributed by atoms with Gasteiger partial charge in [0.05, 0.1) is 10.5 Å². The van der Waals surface area contributed by atoms with Crippen molar-refractivity contribution in [1.29, 1.82) is 0 Å². The van der Waals surface area contributed by atoms with E-state index in [1.807, 2.05) is 19.1 Å². The van der Waals surface area contributed by atoms with Crippen LogP contribution in [0.5, 0.6) is 0 Å². The van der Waals surface area contributed by atoms with E-state index in [4.69, 9.17) is 9.15 Å². The van der Waals surface area contributed by atoms with Gasteiger partial charge in [-0.2, -0.15) is 0 Å². The standard InChI is InChI=1S/C17H13N3O5/c1-11-4-2-3-5-14(11)17(21)24-10-15-18-19-16(25-15)12-6-8-13(9-7-12)20(22)23/h2-9H,10H2,1H3. The lowest BCUT2D eigenvalue weighted by atomic mass is 10.1. The fraction of sp³-hybridized carbons (Fsp3) is 0.118. The summed E-state index contributed by atoms with van der Waals surface area (Å²) in [5.41, 5.74) is 1.78. The zero-order valence-electron chi connectivity index (χ0n) is 13.2. The second kappa shape index (κ2) is 6.91. The van der Waals surface area contributed by atoms with Gasteiger partial charge in [-0.3, -0.25) is 10.1 Å².